The van der Waals surface area contributed by atoms with Crippen molar-refractivity contribution in [3.63, 3.8) is 0 Å². The summed E-state index contributed by atoms with van der Waals surface area (Å²) in [6.07, 6.45) is 5.52. The molecule has 0 bridgehead atoms. The Kier molecular flexibility index (Phi) is 5.26. The average Bonchev–Trinajstić information content (AvgIpc) is 3.32. The maximum absolute atomic E-state index is 12.6. The molecule has 0 aromatic carbocycles. The van der Waals surface area contributed by atoms with Crippen LogP contribution < -0.4 is 0 Å². The Morgan fingerprint density at radius 1 is 1.27 bits per heavy atom. The summed E-state index contributed by atoms with van der Waals surface area (Å²) in [5.74, 6) is -0.123. The minimum Gasteiger partial charge on any atom is -0.336 e. The van der Waals surface area contributed by atoms with E-state index in [1.54, 1.807) is 35.1 Å². The van der Waals surface area contributed by atoms with Gasteiger partial charge in [0.25, 0.3) is 5.91 Å². The van der Waals surface area contributed by atoms with E-state index >= 15 is 0 Å². The van der Waals surface area contributed by atoms with Gasteiger partial charge in [-0.15, -0.1) is 0 Å². The summed E-state index contributed by atoms with van der Waals surface area (Å²) >= 11 is 3.52. The van der Waals surface area contributed by atoms with Crippen molar-refractivity contribution in [2.45, 2.75) is 40.5 Å². The standard InChI is InChI=1S/C17H22BrN7O/c1-5-23-10-14(8-19-23)9-22(4)17(26)15-6-7-24(21-15)11-25-13(3)16(18)12(2)20-25/h6-8,10H,5,9,11H2,1-4H3. The van der Waals surface area contributed by atoms with Crippen LogP contribution >= 0.6 is 15.9 Å². The molecule has 0 fully saturated rings. The Morgan fingerprint density at radius 2 is 2.04 bits per heavy atom. The smallest absolute Gasteiger partial charge is 0.274 e. The third-order valence-corrected chi connectivity index (χ3v) is 5.36. The molecule has 9 heteroatoms. The van der Waals surface area contributed by atoms with Crippen molar-refractivity contribution in [1.82, 2.24) is 34.2 Å². The number of carbonyl (C=O) groups is 1. The highest BCUT2D eigenvalue weighted by Crippen LogP contribution is 2.19. The first-order chi connectivity index (χ1) is 12.4. The van der Waals surface area contributed by atoms with E-state index < -0.39 is 0 Å². The topological polar surface area (TPSA) is 73.8 Å². The maximum atomic E-state index is 12.6. The van der Waals surface area contributed by atoms with Crippen molar-refractivity contribution >= 4 is 21.8 Å². The second-order valence-electron chi connectivity index (χ2n) is 6.23. The van der Waals surface area contributed by atoms with Gasteiger partial charge in [-0.3, -0.25) is 14.2 Å². The molecule has 3 aromatic rings. The van der Waals surface area contributed by atoms with Crippen LogP contribution in [-0.4, -0.2) is 47.2 Å². The lowest BCUT2D eigenvalue weighted by atomic mass is 10.3. The Labute approximate surface area is 160 Å². The van der Waals surface area contributed by atoms with E-state index in [0.29, 0.717) is 18.9 Å². The number of rotatable bonds is 6. The molecule has 0 aliphatic heterocycles. The van der Waals surface area contributed by atoms with Crippen molar-refractivity contribution in [2.24, 2.45) is 0 Å². The van der Waals surface area contributed by atoms with Gasteiger partial charge in [0.2, 0.25) is 0 Å². The van der Waals surface area contributed by atoms with Gasteiger partial charge in [-0.05, 0) is 42.8 Å². The zero-order valence-electron chi connectivity index (χ0n) is 15.3. The van der Waals surface area contributed by atoms with Crippen molar-refractivity contribution in [3.05, 3.63) is 51.8 Å². The monoisotopic (exact) mass is 419 g/mol. The predicted octanol–water partition coefficient (Wildman–Crippen LogP) is 2.45. The Bertz CT molecular complexity index is 924. The van der Waals surface area contributed by atoms with E-state index in [2.05, 4.69) is 31.2 Å². The summed E-state index contributed by atoms with van der Waals surface area (Å²) in [7, 11) is 1.77. The van der Waals surface area contributed by atoms with Gasteiger partial charge in [0.05, 0.1) is 22.1 Å². The molecule has 8 nitrogen and oxygen atoms in total. The maximum Gasteiger partial charge on any atom is 0.274 e. The number of aromatic nitrogens is 6. The molecule has 3 aromatic heterocycles. The van der Waals surface area contributed by atoms with Crippen molar-refractivity contribution < 1.29 is 4.79 Å². The Hall–Kier alpha value is -2.42. The zero-order valence-corrected chi connectivity index (χ0v) is 16.9. The molecule has 1 amide bonds. The van der Waals surface area contributed by atoms with Crippen LogP contribution in [-0.2, 0) is 19.8 Å². The summed E-state index contributed by atoms with van der Waals surface area (Å²) in [5, 5.41) is 13.1. The molecule has 138 valence electrons. The van der Waals surface area contributed by atoms with Crippen LogP contribution in [0.1, 0.15) is 34.4 Å². The second-order valence-corrected chi connectivity index (χ2v) is 7.02. The minimum absolute atomic E-state index is 0.123. The van der Waals surface area contributed by atoms with Crippen molar-refractivity contribution in [2.75, 3.05) is 7.05 Å². The first-order valence-corrected chi connectivity index (χ1v) is 9.18. The fourth-order valence-electron chi connectivity index (χ4n) is 2.71. The lowest BCUT2D eigenvalue weighted by Crippen LogP contribution is -2.26. The first kappa shape index (κ1) is 18.4. The van der Waals surface area contributed by atoms with Crippen LogP contribution in [0, 0.1) is 13.8 Å². The molecule has 0 saturated heterocycles. The second kappa shape index (κ2) is 7.45. The van der Waals surface area contributed by atoms with Crippen molar-refractivity contribution in [1.29, 1.82) is 0 Å². The van der Waals surface area contributed by atoms with E-state index in [9.17, 15) is 4.79 Å². The number of nitrogens with zero attached hydrogens (tertiary/aromatic N) is 7. The van der Waals surface area contributed by atoms with Gasteiger partial charge in [-0.25, -0.2) is 4.68 Å². The molecule has 0 atom stereocenters. The molecule has 0 radical (unpaired) electrons. The van der Waals surface area contributed by atoms with Crippen LogP contribution in [0.5, 0.6) is 0 Å². The lowest BCUT2D eigenvalue weighted by Gasteiger charge is -2.14. The highest BCUT2D eigenvalue weighted by Gasteiger charge is 2.16. The third kappa shape index (κ3) is 3.72. The van der Waals surface area contributed by atoms with E-state index in [0.717, 1.165) is 28.0 Å². The number of aryl methyl sites for hydroxylation is 2. The number of amides is 1. The van der Waals surface area contributed by atoms with Gasteiger partial charge in [0, 0.05) is 38.1 Å². The van der Waals surface area contributed by atoms with Gasteiger partial charge in [0.15, 0.2) is 0 Å². The molecule has 0 spiro atoms. The summed E-state index contributed by atoms with van der Waals surface area (Å²) in [6.45, 7) is 7.73. The van der Waals surface area contributed by atoms with Crippen LogP contribution in [0.25, 0.3) is 0 Å². The van der Waals surface area contributed by atoms with Crippen LogP contribution in [0.4, 0.5) is 0 Å². The molecule has 0 N–H and O–H groups in total. The number of halogens is 1. The van der Waals surface area contributed by atoms with Gasteiger partial charge in [-0.2, -0.15) is 15.3 Å². The summed E-state index contributed by atoms with van der Waals surface area (Å²) < 4.78 is 6.40. The highest BCUT2D eigenvalue weighted by molar-refractivity contribution is 9.10. The van der Waals surface area contributed by atoms with E-state index in [1.165, 1.54) is 0 Å². The number of hydrogen-bond donors (Lipinski definition) is 0. The molecule has 3 heterocycles. The van der Waals surface area contributed by atoms with E-state index in [1.807, 2.05) is 36.3 Å². The van der Waals surface area contributed by atoms with Gasteiger partial charge < -0.3 is 4.90 Å². The lowest BCUT2D eigenvalue weighted by molar-refractivity contribution is 0.0778. The summed E-state index contributed by atoms with van der Waals surface area (Å²) in [5.41, 5.74) is 3.36. The third-order valence-electron chi connectivity index (χ3n) is 4.21. The SMILES string of the molecule is CCn1cc(CN(C)C(=O)c2ccn(Cn3nc(C)c(Br)c3C)n2)cn1. The quantitative estimate of drug-likeness (QED) is 0.614. The number of hydrogen-bond acceptors (Lipinski definition) is 4. The Morgan fingerprint density at radius 3 is 2.65 bits per heavy atom. The summed E-state index contributed by atoms with van der Waals surface area (Å²) in [4.78, 5) is 14.3. The highest BCUT2D eigenvalue weighted by atomic mass is 79.9. The molecular formula is C17H22BrN7O. The molecule has 0 aliphatic carbocycles. The molecule has 26 heavy (non-hydrogen) atoms. The largest absolute Gasteiger partial charge is 0.336 e. The molecule has 0 saturated carbocycles. The zero-order chi connectivity index (χ0) is 18.8. The van der Waals surface area contributed by atoms with E-state index in [4.69, 9.17) is 0 Å². The normalized spacial score (nSPS) is 11.1. The fourth-order valence-corrected chi connectivity index (χ4v) is 2.99. The van der Waals surface area contributed by atoms with Gasteiger partial charge in [-0.1, -0.05) is 0 Å². The molecule has 3 rings (SSSR count). The molecular weight excluding hydrogens is 398 g/mol. The van der Waals surface area contributed by atoms with E-state index in [-0.39, 0.29) is 5.91 Å². The van der Waals surface area contributed by atoms with Crippen LogP contribution in [0.15, 0.2) is 29.1 Å². The average molecular weight is 420 g/mol. The van der Waals surface area contributed by atoms with Gasteiger partial charge in [0.1, 0.15) is 12.4 Å². The Balaban J connectivity index is 1.68. The first-order valence-electron chi connectivity index (χ1n) is 8.38. The number of carbonyl (C=O) groups excluding carboxylic acids is 1. The van der Waals surface area contributed by atoms with Gasteiger partial charge >= 0.3 is 0 Å². The van der Waals surface area contributed by atoms with Crippen LogP contribution in [0.3, 0.4) is 0 Å². The summed E-state index contributed by atoms with van der Waals surface area (Å²) in [6, 6.07) is 1.73. The fraction of sp³-hybridized carbons (Fsp3) is 0.412. The molecule has 0 aliphatic rings. The van der Waals surface area contributed by atoms with Crippen LogP contribution in [0.2, 0.25) is 0 Å². The molecule has 0 unspecified atom stereocenters. The van der Waals surface area contributed by atoms with Crippen molar-refractivity contribution in [3.8, 4) is 0 Å². The predicted molar refractivity (Wildman–Crippen MR) is 101 cm³/mol. The minimum atomic E-state index is -0.123.